The van der Waals surface area contributed by atoms with E-state index < -0.39 is 0 Å². The average Bonchev–Trinajstić information content (AvgIpc) is 1.87. The molecule has 0 fully saturated rings. The highest BCUT2D eigenvalue weighted by Crippen LogP contribution is 2.03. The molecule has 46 valence electrons. The van der Waals surface area contributed by atoms with E-state index in [0.29, 0.717) is 9.09 Å². The van der Waals surface area contributed by atoms with Crippen LogP contribution in [0.3, 0.4) is 0 Å². The fraction of sp³-hybridized carbons (Fsp3) is 0. The zero-order valence-corrected chi connectivity index (χ0v) is 6.20. The highest BCUT2D eigenvalue weighted by molar-refractivity contribution is 7.73. The van der Waals surface area contributed by atoms with Crippen LogP contribution >= 0.6 is 36.0 Å². The Labute approximate surface area is 61.3 Å². The van der Waals surface area contributed by atoms with E-state index in [2.05, 4.69) is 22.4 Å². The number of halogens is 1. The number of H-pyrrole nitrogens is 1. The van der Waals surface area contributed by atoms with Crippen molar-refractivity contribution >= 4 is 41.1 Å². The largest absolute Gasteiger partial charge is 0.374 e. The lowest BCUT2D eigenvalue weighted by atomic mass is 11.3. The summed E-state index contributed by atoms with van der Waals surface area (Å²) in [5.74, 6) is 0. The lowest BCUT2D eigenvalue weighted by molar-refractivity contribution is 1.09. The SMILES string of the molecule is Cl.Nc1n[nH]c(=S)s1. The predicted molar refractivity (Wildman–Crippen MR) is 39.0 cm³/mol. The van der Waals surface area contributed by atoms with Crippen LogP contribution in [0.15, 0.2) is 0 Å². The van der Waals surface area contributed by atoms with Crippen LogP contribution in [-0.4, -0.2) is 10.2 Å². The second-order valence-corrected chi connectivity index (χ2v) is 2.65. The first kappa shape index (κ1) is 7.87. The molecule has 0 spiro atoms. The van der Waals surface area contributed by atoms with E-state index in [-0.39, 0.29) is 12.4 Å². The van der Waals surface area contributed by atoms with E-state index in [1.807, 2.05) is 0 Å². The molecule has 0 unspecified atom stereocenters. The van der Waals surface area contributed by atoms with Gasteiger partial charge in [0, 0.05) is 0 Å². The van der Waals surface area contributed by atoms with Gasteiger partial charge in [-0.05, 0) is 12.2 Å². The predicted octanol–water partition coefficient (Wildman–Crippen LogP) is 1.20. The molecule has 0 amide bonds. The molecule has 8 heavy (non-hydrogen) atoms. The molecule has 3 nitrogen and oxygen atoms in total. The van der Waals surface area contributed by atoms with Crippen molar-refractivity contribution in [2.75, 3.05) is 5.73 Å². The van der Waals surface area contributed by atoms with Gasteiger partial charge >= 0.3 is 0 Å². The summed E-state index contributed by atoms with van der Waals surface area (Å²) in [5, 5.41) is 6.60. The summed E-state index contributed by atoms with van der Waals surface area (Å²) in [7, 11) is 0. The maximum atomic E-state index is 5.19. The number of rotatable bonds is 0. The molecule has 0 bridgehead atoms. The third-order valence-corrected chi connectivity index (χ3v) is 1.37. The van der Waals surface area contributed by atoms with Crippen LogP contribution in [-0.2, 0) is 0 Å². The Bertz CT molecular complexity index is 203. The van der Waals surface area contributed by atoms with Crippen molar-refractivity contribution in [3.63, 3.8) is 0 Å². The van der Waals surface area contributed by atoms with Gasteiger partial charge in [-0.15, -0.1) is 17.5 Å². The lowest BCUT2D eigenvalue weighted by Gasteiger charge is -1.65. The van der Waals surface area contributed by atoms with Gasteiger partial charge in [0.05, 0.1) is 0 Å². The number of hydrogen-bond donors (Lipinski definition) is 2. The van der Waals surface area contributed by atoms with Gasteiger partial charge < -0.3 is 5.73 Å². The first-order valence-electron chi connectivity index (χ1n) is 1.60. The summed E-state index contributed by atoms with van der Waals surface area (Å²) < 4.78 is 0.623. The normalized spacial score (nSPS) is 8.00. The van der Waals surface area contributed by atoms with Gasteiger partial charge in [0.2, 0.25) is 5.13 Å². The van der Waals surface area contributed by atoms with Gasteiger partial charge in [0.15, 0.2) is 3.95 Å². The average molecular weight is 170 g/mol. The van der Waals surface area contributed by atoms with Crippen LogP contribution in [0.2, 0.25) is 0 Å². The Morgan fingerprint density at radius 1 is 1.75 bits per heavy atom. The van der Waals surface area contributed by atoms with Crippen molar-refractivity contribution in [2.45, 2.75) is 0 Å². The molecule has 1 aromatic heterocycles. The molecule has 1 aromatic rings. The molecule has 6 heteroatoms. The Kier molecular flexibility index (Phi) is 2.96. The number of anilines is 1. The molecule has 0 saturated heterocycles. The smallest absolute Gasteiger partial charge is 0.201 e. The Morgan fingerprint density at radius 3 is 2.50 bits per heavy atom. The number of hydrogen-bond acceptors (Lipinski definition) is 4. The number of nitrogens with one attached hydrogen (secondary N) is 1. The standard InChI is InChI=1S/C2H3N3S2.ClH/c3-1-4-5-2(6)7-1;/h(H2,3,4)(H,5,6);1H. The first-order valence-corrected chi connectivity index (χ1v) is 2.82. The van der Waals surface area contributed by atoms with Crippen LogP contribution in [0, 0.1) is 3.95 Å². The van der Waals surface area contributed by atoms with Gasteiger partial charge in [-0.25, -0.2) is 0 Å². The number of nitrogens with zero attached hydrogens (tertiary/aromatic N) is 1. The minimum atomic E-state index is 0. The summed E-state index contributed by atoms with van der Waals surface area (Å²) in [4.78, 5) is 0. The van der Waals surface area contributed by atoms with Crippen LogP contribution in [0.4, 0.5) is 5.13 Å². The molecule has 0 radical (unpaired) electrons. The van der Waals surface area contributed by atoms with E-state index in [1.54, 1.807) is 0 Å². The molecule has 0 aliphatic heterocycles. The van der Waals surface area contributed by atoms with Crippen molar-refractivity contribution in [1.29, 1.82) is 0 Å². The third-order valence-electron chi connectivity index (χ3n) is 0.455. The highest BCUT2D eigenvalue weighted by Gasteiger charge is 1.83. The summed E-state index contributed by atoms with van der Waals surface area (Å²) in [6.45, 7) is 0. The molecule has 1 rings (SSSR count). The van der Waals surface area contributed by atoms with Gasteiger partial charge in [-0.1, -0.05) is 11.3 Å². The maximum Gasteiger partial charge on any atom is 0.201 e. The zero-order chi connectivity index (χ0) is 5.28. The second-order valence-electron chi connectivity index (χ2n) is 0.951. The minimum absolute atomic E-state index is 0. The van der Waals surface area contributed by atoms with Crippen molar-refractivity contribution < 1.29 is 0 Å². The Balaban J connectivity index is 0.000000490. The maximum absolute atomic E-state index is 5.19. The van der Waals surface area contributed by atoms with Gasteiger partial charge in [0.25, 0.3) is 0 Å². The monoisotopic (exact) mass is 169 g/mol. The van der Waals surface area contributed by atoms with Crippen molar-refractivity contribution in [2.24, 2.45) is 0 Å². The fourth-order valence-corrected chi connectivity index (χ4v) is 0.916. The van der Waals surface area contributed by atoms with Gasteiger partial charge in [-0.2, -0.15) is 0 Å². The van der Waals surface area contributed by atoms with Crippen LogP contribution in [0.1, 0.15) is 0 Å². The van der Waals surface area contributed by atoms with Crippen LogP contribution < -0.4 is 5.73 Å². The molecule has 0 aromatic carbocycles. The minimum Gasteiger partial charge on any atom is -0.374 e. The summed E-state index contributed by atoms with van der Waals surface area (Å²) in [6.07, 6.45) is 0. The quantitative estimate of drug-likeness (QED) is 0.574. The van der Waals surface area contributed by atoms with E-state index in [4.69, 9.17) is 5.73 Å². The first-order chi connectivity index (χ1) is 3.29. The number of aromatic nitrogens is 2. The van der Waals surface area contributed by atoms with E-state index in [0.717, 1.165) is 0 Å². The third kappa shape index (κ3) is 1.77. The Hall–Kier alpha value is -0.130. The highest BCUT2D eigenvalue weighted by atomic mass is 35.5. The molecular weight excluding hydrogens is 166 g/mol. The number of aromatic amines is 1. The van der Waals surface area contributed by atoms with Crippen LogP contribution in [0.25, 0.3) is 0 Å². The summed E-state index contributed by atoms with van der Waals surface area (Å²) in [6, 6.07) is 0. The molecule has 1 heterocycles. The van der Waals surface area contributed by atoms with E-state index in [9.17, 15) is 0 Å². The topological polar surface area (TPSA) is 54.7 Å². The van der Waals surface area contributed by atoms with Crippen molar-refractivity contribution in [1.82, 2.24) is 10.2 Å². The molecule has 0 aliphatic carbocycles. The second kappa shape index (κ2) is 3.01. The molecule has 3 N–H and O–H groups in total. The molecular formula is C2H4ClN3S2. The number of nitrogen functional groups attached to an aromatic ring is 1. The van der Waals surface area contributed by atoms with Gasteiger partial charge in [-0.3, -0.25) is 5.10 Å². The number of nitrogens with two attached hydrogens (primary N) is 1. The molecule has 0 saturated carbocycles. The molecule has 0 atom stereocenters. The summed E-state index contributed by atoms with van der Waals surface area (Å²) >= 11 is 5.92. The van der Waals surface area contributed by atoms with E-state index in [1.165, 1.54) is 11.3 Å². The van der Waals surface area contributed by atoms with Crippen molar-refractivity contribution in [3.05, 3.63) is 3.95 Å². The van der Waals surface area contributed by atoms with Gasteiger partial charge in [0.1, 0.15) is 0 Å². The Morgan fingerprint density at radius 2 is 2.38 bits per heavy atom. The van der Waals surface area contributed by atoms with E-state index >= 15 is 0 Å². The fourth-order valence-electron chi connectivity index (χ4n) is 0.241. The van der Waals surface area contributed by atoms with Crippen LogP contribution in [0.5, 0.6) is 0 Å². The molecule has 0 aliphatic rings. The van der Waals surface area contributed by atoms with Crippen molar-refractivity contribution in [3.8, 4) is 0 Å². The summed E-state index contributed by atoms with van der Waals surface area (Å²) in [5.41, 5.74) is 5.19. The zero-order valence-electron chi connectivity index (χ0n) is 3.75. The lowest BCUT2D eigenvalue weighted by Crippen LogP contribution is -1.79.